The number of sulfonamides is 1. The molecule has 1 amide bonds. The lowest BCUT2D eigenvalue weighted by Crippen LogP contribution is -2.50. The van der Waals surface area contributed by atoms with Crippen molar-refractivity contribution in [2.75, 3.05) is 44.7 Å². The van der Waals surface area contributed by atoms with Gasteiger partial charge in [0.05, 0.1) is 23.7 Å². The lowest BCUT2D eigenvalue weighted by atomic mass is 10.1. The molecule has 13 heteroatoms. The molecule has 5 rings (SSSR count). The van der Waals surface area contributed by atoms with Gasteiger partial charge < -0.3 is 19.1 Å². The van der Waals surface area contributed by atoms with Crippen molar-refractivity contribution in [1.29, 1.82) is 0 Å². The summed E-state index contributed by atoms with van der Waals surface area (Å²) < 4.78 is 75.2. The number of methoxy groups -OCH3 is 1. The highest BCUT2D eigenvalue weighted by Gasteiger charge is 2.40. The number of amides is 1. The van der Waals surface area contributed by atoms with E-state index in [9.17, 15) is 26.4 Å². The first-order chi connectivity index (χ1) is 19.0. The number of halogens is 4. The Morgan fingerprint density at radius 2 is 1.70 bits per heavy atom. The summed E-state index contributed by atoms with van der Waals surface area (Å²) in [5.74, 6) is 0.555. The fourth-order valence-electron chi connectivity index (χ4n) is 5.25. The van der Waals surface area contributed by atoms with E-state index >= 15 is 0 Å². The van der Waals surface area contributed by atoms with Crippen LogP contribution in [0.3, 0.4) is 0 Å². The van der Waals surface area contributed by atoms with Gasteiger partial charge >= 0.3 is 6.18 Å². The first-order valence-corrected chi connectivity index (χ1v) is 14.5. The molecule has 0 bridgehead atoms. The van der Waals surface area contributed by atoms with Crippen molar-refractivity contribution < 1.29 is 31.1 Å². The number of alkyl halides is 3. The lowest BCUT2D eigenvalue weighted by molar-refractivity contribution is -0.137. The van der Waals surface area contributed by atoms with Crippen LogP contribution in [0.5, 0.6) is 5.75 Å². The number of piperazine rings is 1. The second-order valence-electron chi connectivity index (χ2n) is 9.67. The van der Waals surface area contributed by atoms with Crippen LogP contribution in [0.2, 0.25) is 5.02 Å². The van der Waals surface area contributed by atoms with E-state index in [1.165, 1.54) is 4.31 Å². The third-order valence-corrected chi connectivity index (χ3v) is 9.79. The van der Waals surface area contributed by atoms with Crippen LogP contribution >= 0.6 is 11.6 Å². The number of rotatable bonds is 6. The van der Waals surface area contributed by atoms with Gasteiger partial charge in [0.2, 0.25) is 15.9 Å². The van der Waals surface area contributed by atoms with E-state index in [-0.39, 0.29) is 18.9 Å². The van der Waals surface area contributed by atoms with Crippen LogP contribution in [0.4, 0.5) is 18.9 Å². The third kappa shape index (κ3) is 5.52. The fourth-order valence-corrected chi connectivity index (χ4v) is 7.36. The molecular weight excluding hydrogens is 569 g/mol. The largest absolute Gasteiger partial charge is 0.497 e. The maximum Gasteiger partial charge on any atom is 0.416 e. The van der Waals surface area contributed by atoms with Crippen molar-refractivity contribution in [3.63, 3.8) is 0 Å². The van der Waals surface area contributed by atoms with Crippen LogP contribution in [-0.2, 0) is 27.5 Å². The molecule has 0 N–H and O–H groups in total. The van der Waals surface area contributed by atoms with Crippen molar-refractivity contribution in [2.45, 2.75) is 30.1 Å². The quantitative estimate of drug-likeness (QED) is 0.414. The number of nitrogens with zero attached hydrogens (tertiary/aromatic N) is 4. The van der Waals surface area contributed by atoms with Gasteiger partial charge in [-0.05, 0) is 54.6 Å². The lowest BCUT2D eigenvalue weighted by Gasteiger charge is -2.39. The zero-order valence-corrected chi connectivity index (χ0v) is 23.2. The van der Waals surface area contributed by atoms with E-state index in [4.69, 9.17) is 16.3 Å². The van der Waals surface area contributed by atoms with Gasteiger partial charge in [0.1, 0.15) is 10.6 Å². The molecule has 2 aromatic carbocycles. The SMILES string of the molecule is COc1ccc(N2CCN(C(=O)CC3c4cccn4CCN3S(=O)(=O)c3ccc(C(F)(F)F)cc3Cl)CC2)cc1. The number of anilines is 1. The first-order valence-electron chi connectivity index (χ1n) is 12.7. The number of carbonyl (C=O) groups is 1. The fraction of sp³-hybridized carbons (Fsp3) is 0.370. The summed E-state index contributed by atoms with van der Waals surface area (Å²) in [5, 5.41) is -0.518. The molecule has 2 aliphatic rings. The van der Waals surface area contributed by atoms with E-state index in [2.05, 4.69) is 4.90 Å². The zero-order valence-electron chi connectivity index (χ0n) is 21.6. The van der Waals surface area contributed by atoms with Crippen LogP contribution in [0.1, 0.15) is 23.7 Å². The molecule has 0 aliphatic carbocycles. The summed E-state index contributed by atoms with van der Waals surface area (Å²) in [7, 11) is -2.72. The Balaban J connectivity index is 1.34. The summed E-state index contributed by atoms with van der Waals surface area (Å²) >= 11 is 6.08. The molecule has 0 spiro atoms. The van der Waals surface area contributed by atoms with Gasteiger partial charge in [-0.3, -0.25) is 4.79 Å². The van der Waals surface area contributed by atoms with Crippen molar-refractivity contribution >= 4 is 33.2 Å². The van der Waals surface area contributed by atoms with E-state index in [0.29, 0.717) is 50.6 Å². The van der Waals surface area contributed by atoms with E-state index < -0.39 is 37.7 Å². The number of carbonyl (C=O) groups excluding carboxylic acids is 1. The molecular formula is C27H28ClF3N4O4S. The molecule has 2 aliphatic heterocycles. The van der Waals surface area contributed by atoms with Gasteiger partial charge in [0.25, 0.3) is 0 Å². The highest BCUT2D eigenvalue weighted by atomic mass is 35.5. The van der Waals surface area contributed by atoms with E-state index in [0.717, 1.165) is 17.5 Å². The molecule has 1 saturated heterocycles. The van der Waals surface area contributed by atoms with Crippen molar-refractivity contribution in [1.82, 2.24) is 13.8 Å². The number of hydrogen-bond acceptors (Lipinski definition) is 5. The molecule has 1 fully saturated rings. The predicted octanol–water partition coefficient (Wildman–Crippen LogP) is 4.65. The van der Waals surface area contributed by atoms with Crippen molar-refractivity contribution in [2.24, 2.45) is 0 Å². The zero-order chi connectivity index (χ0) is 28.7. The topological polar surface area (TPSA) is 75.1 Å². The maximum absolute atomic E-state index is 13.7. The molecule has 214 valence electrons. The van der Waals surface area contributed by atoms with Crippen molar-refractivity contribution in [3.8, 4) is 5.75 Å². The Labute approximate surface area is 235 Å². The van der Waals surface area contributed by atoms with Gasteiger partial charge in [-0.15, -0.1) is 0 Å². The van der Waals surface area contributed by atoms with Gasteiger partial charge in [-0.25, -0.2) is 8.42 Å². The Hall–Kier alpha value is -3.22. The number of benzene rings is 2. The Bertz CT molecular complexity index is 1490. The maximum atomic E-state index is 13.7. The second-order valence-corrected chi connectivity index (χ2v) is 11.9. The number of ether oxygens (including phenoxy) is 1. The minimum atomic E-state index is -4.66. The minimum Gasteiger partial charge on any atom is -0.497 e. The molecule has 1 atom stereocenters. The second kappa shape index (κ2) is 11.0. The van der Waals surface area contributed by atoms with Crippen LogP contribution in [0.15, 0.2) is 65.7 Å². The number of hydrogen-bond donors (Lipinski definition) is 0. The number of aromatic nitrogens is 1. The third-order valence-electron chi connectivity index (χ3n) is 7.40. The highest BCUT2D eigenvalue weighted by molar-refractivity contribution is 7.89. The van der Waals surface area contributed by atoms with Crippen LogP contribution in [-0.4, -0.2) is 67.9 Å². The van der Waals surface area contributed by atoms with Gasteiger partial charge in [-0.1, -0.05) is 11.6 Å². The van der Waals surface area contributed by atoms with Gasteiger partial charge in [0.15, 0.2) is 0 Å². The average molecular weight is 597 g/mol. The summed E-state index contributed by atoms with van der Waals surface area (Å²) in [6.45, 7) is 2.55. The summed E-state index contributed by atoms with van der Waals surface area (Å²) in [6, 6.07) is 12.6. The summed E-state index contributed by atoms with van der Waals surface area (Å²) in [4.78, 5) is 16.9. The Morgan fingerprint density at radius 3 is 2.33 bits per heavy atom. The van der Waals surface area contributed by atoms with Crippen LogP contribution in [0, 0.1) is 0 Å². The summed E-state index contributed by atoms with van der Waals surface area (Å²) in [5.41, 5.74) is 0.622. The summed E-state index contributed by atoms with van der Waals surface area (Å²) in [6.07, 6.45) is -2.95. The van der Waals surface area contributed by atoms with Crippen molar-refractivity contribution in [3.05, 3.63) is 77.1 Å². The monoisotopic (exact) mass is 596 g/mol. The minimum absolute atomic E-state index is 0.0462. The van der Waals surface area contributed by atoms with Gasteiger partial charge in [-0.2, -0.15) is 17.5 Å². The van der Waals surface area contributed by atoms with E-state index in [1.54, 1.807) is 24.1 Å². The first kappa shape index (κ1) is 28.3. The Morgan fingerprint density at radius 1 is 1.00 bits per heavy atom. The van der Waals surface area contributed by atoms with Gasteiger partial charge in [0, 0.05) is 63.3 Å². The molecule has 1 unspecified atom stereocenters. The molecule has 8 nitrogen and oxygen atoms in total. The molecule has 3 heterocycles. The molecule has 0 radical (unpaired) electrons. The highest BCUT2D eigenvalue weighted by Crippen LogP contribution is 2.38. The average Bonchev–Trinajstić information content (AvgIpc) is 3.42. The Kier molecular flexibility index (Phi) is 7.77. The normalized spacial score (nSPS) is 18.5. The van der Waals surface area contributed by atoms with Crippen LogP contribution < -0.4 is 9.64 Å². The molecule has 40 heavy (non-hydrogen) atoms. The molecule has 0 saturated carbocycles. The number of fused-ring (bicyclic) bond motifs is 1. The van der Waals surface area contributed by atoms with E-state index in [1.807, 2.05) is 35.0 Å². The predicted molar refractivity (Wildman–Crippen MR) is 144 cm³/mol. The molecule has 3 aromatic rings. The smallest absolute Gasteiger partial charge is 0.416 e. The molecule has 1 aromatic heterocycles. The standard InChI is InChI=1S/C27H28ClF3N4O4S/c1-39-21-7-5-20(6-8-21)32-11-13-34(14-12-32)26(36)18-24-23-3-2-10-33(23)15-16-35(24)40(37,38)25-9-4-19(17-22(25)28)27(29,30)31/h2-10,17,24H,11-16,18H2,1H3. The van der Waals surface area contributed by atoms with Crippen LogP contribution in [0.25, 0.3) is 0 Å².